The highest BCUT2D eigenvalue weighted by Crippen LogP contribution is 2.38. The lowest BCUT2D eigenvalue weighted by atomic mass is 10.2. The first-order valence-electron chi connectivity index (χ1n) is 11.9. The summed E-state index contributed by atoms with van der Waals surface area (Å²) in [7, 11) is 7.54. The third kappa shape index (κ3) is 5.88. The molecular weight excluding hydrogens is 486 g/mol. The van der Waals surface area contributed by atoms with Crippen LogP contribution in [0.4, 0.5) is 23.0 Å². The molecule has 4 aromatic rings. The quantitative estimate of drug-likeness (QED) is 0.255. The van der Waals surface area contributed by atoms with Gasteiger partial charge in [0.25, 0.3) is 0 Å². The molecule has 0 radical (unpaired) electrons. The van der Waals surface area contributed by atoms with Gasteiger partial charge in [0, 0.05) is 38.5 Å². The van der Waals surface area contributed by atoms with E-state index in [-0.39, 0.29) is 12.5 Å². The van der Waals surface area contributed by atoms with E-state index >= 15 is 0 Å². The highest BCUT2D eigenvalue weighted by atomic mass is 16.5. The normalized spacial score (nSPS) is 11.0. The smallest absolute Gasteiger partial charge is 0.247 e. The van der Waals surface area contributed by atoms with Crippen molar-refractivity contribution in [3.63, 3.8) is 0 Å². The number of aliphatic hydroxyl groups excluding tert-OH is 1. The number of aromatic nitrogens is 5. The molecule has 1 amide bonds. The SMILES string of the molecule is C=CC(=O)Nc1cc(Nc2nccc(-n3nnc4cc(CO)ccc43)n2)c(OC)cc1N(C)CCN(C)C. The van der Waals surface area contributed by atoms with E-state index < -0.39 is 0 Å². The summed E-state index contributed by atoms with van der Waals surface area (Å²) in [5.41, 5.74) is 4.06. The maximum atomic E-state index is 12.2. The van der Waals surface area contributed by atoms with Gasteiger partial charge in [-0.05, 0) is 43.9 Å². The zero-order valence-corrected chi connectivity index (χ0v) is 21.8. The van der Waals surface area contributed by atoms with Gasteiger partial charge < -0.3 is 30.3 Å². The van der Waals surface area contributed by atoms with Gasteiger partial charge in [0.15, 0.2) is 5.82 Å². The highest BCUT2D eigenvalue weighted by Gasteiger charge is 2.17. The number of carbonyl (C=O) groups is 1. The van der Waals surface area contributed by atoms with Gasteiger partial charge in [-0.1, -0.05) is 17.9 Å². The number of rotatable bonds is 11. The van der Waals surface area contributed by atoms with Gasteiger partial charge in [-0.2, -0.15) is 9.67 Å². The molecule has 198 valence electrons. The fourth-order valence-corrected chi connectivity index (χ4v) is 3.79. The van der Waals surface area contributed by atoms with Gasteiger partial charge in [-0.3, -0.25) is 4.79 Å². The lowest BCUT2D eigenvalue weighted by molar-refractivity contribution is -0.111. The molecule has 2 aromatic heterocycles. The Hall–Kier alpha value is -4.55. The largest absolute Gasteiger partial charge is 0.494 e. The van der Waals surface area contributed by atoms with Crippen LogP contribution < -0.4 is 20.3 Å². The van der Waals surface area contributed by atoms with Crippen molar-refractivity contribution in [2.75, 3.05) is 56.9 Å². The van der Waals surface area contributed by atoms with Crippen LogP contribution in [-0.2, 0) is 11.4 Å². The summed E-state index contributed by atoms with van der Waals surface area (Å²) in [6.07, 6.45) is 2.83. The average Bonchev–Trinajstić information content (AvgIpc) is 3.35. The molecule has 0 saturated carbocycles. The molecule has 0 aliphatic rings. The van der Waals surface area contributed by atoms with Crippen LogP contribution >= 0.6 is 0 Å². The molecule has 0 bridgehead atoms. The van der Waals surface area contributed by atoms with Crippen molar-refractivity contribution in [3.05, 3.63) is 60.8 Å². The molecule has 0 fully saturated rings. The number of anilines is 4. The Morgan fingerprint density at radius 3 is 2.68 bits per heavy atom. The number of benzene rings is 2. The van der Waals surface area contributed by atoms with E-state index in [0.29, 0.717) is 34.4 Å². The van der Waals surface area contributed by atoms with E-state index in [4.69, 9.17) is 4.74 Å². The van der Waals surface area contributed by atoms with E-state index in [1.165, 1.54) is 6.08 Å². The van der Waals surface area contributed by atoms with Crippen molar-refractivity contribution in [1.82, 2.24) is 29.9 Å². The van der Waals surface area contributed by atoms with Crippen LogP contribution in [0.1, 0.15) is 5.56 Å². The Morgan fingerprint density at radius 2 is 1.97 bits per heavy atom. The first kappa shape index (κ1) is 26.5. The first-order valence-corrected chi connectivity index (χ1v) is 11.9. The minimum atomic E-state index is -0.330. The third-order valence-electron chi connectivity index (χ3n) is 5.85. The van der Waals surface area contributed by atoms with E-state index in [9.17, 15) is 9.90 Å². The summed E-state index contributed by atoms with van der Waals surface area (Å²) in [4.78, 5) is 25.3. The average molecular weight is 518 g/mol. The minimum Gasteiger partial charge on any atom is -0.494 e. The Bertz CT molecular complexity index is 1450. The van der Waals surface area contributed by atoms with Crippen molar-refractivity contribution < 1.29 is 14.6 Å². The van der Waals surface area contributed by atoms with E-state index in [1.54, 1.807) is 36.2 Å². The van der Waals surface area contributed by atoms with Crippen molar-refractivity contribution in [3.8, 4) is 11.6 Å². The summed E-state index contributed by atoms with van der Waals surface area (Å²) in [5, 5.41) is 23.9. The topological polar surface area (TPSA) is 134 Å². The number of amides is 1. The van der Waals surface area contributed by atoms with Gasteiger partial charge in [0.2, 0.25) is 11.9 Å². The highest BCUT2D eigenvalue weighted by molar-refractivity contribution is 6.02. The molecule has 0 saturated heterocycles. The van der Waals surface area contributed by atoms with E-state index in [1.807, 2.05) is 44.2 Å². The van der Waals surface area contributed by atoms with Gasteiger partial charge in [0.1, 0.15) is 11.3 Å². The second-order valence-corrected chi connectivity index (χ2v) is 8.83. The fraction of sp³-hybridized carbons (Fsp3) is 0.269. The molecular formula is C26H31N9O3. The Morgan fingerprint density at radius 1 is 1.16 bits per heavy atom. The number of hydrogen-bond donors (Lipinski definition) is 3. The second-order valence-electron chi connectivity index (χ2n) is 8.83. The minimum absolute atomic E-state index is 0.0777. The zero-order chi connectivity index (χ0) is 27.2. The summed E-state index contributed by atoms with van der Waals surface area (Å²) >= 11 is 0. The van der Waals surface area contributed by atoms with Gasteiger partial charge in [-0.15, -0.1) is 5.10 Å². The van der Waals surface area contributed by atoms with Crippen molar-refractivity contribution in [1.29, 1.82) is 0 Å². The molecule has 3 N–H and O–H groups in total. The number of carbonyl (C=O) groups excluding carboxylic acids is 1. The Kier molecular flexibility index (Phi) is 8.14. The van der Waals surface area contributed by atoms with Crippen LogP contribution in [-0.4, -0.2) is 82.2 Å². The summed E-state index contributed by atoms with van der Waals surface area (Å²) in [6, 6.07) is 10.8. The number of nitrogens with one attached hydrogen (secondary N) is 2. The Labute approximate surface area is 220 Å². The van der Waals surface area contributed by atoms with Crippen molar-refractivity contribution in [2.24, 2.45) is 0 Å². The molecule has 0 aliphatic heterocycles. The number of hydrogen-bond acceptors (Lipinski definition) is 10. The number of likely N-dealkylation sites (N-methyl/N-ethyl adjacent to an activating group) is 2. The number of fused-ring (bicyclic) bond motifs is 1. The zero-order valence-electron chi connectivity index (χ0n) is 21.8. The monoisotopic (exact) mass is 517 g/mol. The maximum Gasteiger partial charge on any atom is 0.247 e. The van der Waals surface area contributed by atoms with Crippen LogP contribution in [0.2, 0.25) is 0 Å². The molecule has 0 atom stereocenters. The molecule has 2 heterocycles. The van der Waals surface area contributed by atoms with Crippen molar-refractivity contribution >= 4 is 40.0 Å². The van der Waals surface area contributed by atoms with E-state index in [2.05, 4.69) is 42.4 Å². The molecule has 12 nitrogen and oxygen atoms in total. The lowest BCUT2D eigenvalue weighted by Crippen LogP contribution is -2.29. The molecule has 12 heteroatoms. The predicted octanol–water partition coefficient (Wildman–Crippen LogP) is 2.58. The standard InChI is InChI=1S/C26H31N9O3/c1-6-25(37)28-18-14-20(23(38-5)15-22(18)34(4)12-11-33(2)3)29-26-27-10-9-24(30-26)35-21-8-7-17(16-36)13-19(21)31-32-35/h6-10,13-15,36H,1,11-12,16H2,2-5H3,(H,28,37)(H,27,29,30). The van der Waals surface area contributed by atoms with Gasteiger partial charge in [-0.25, -0.2) is 4.98 Å². The number of aliphatic hydroxyl groups is 1. The lowest BCUT2D eigenvalue weighted by Gasteiger charge is -2.26. The van der Waals surface area contributed by atoms with E-state index in [0.717, 1.165) is 29.9 Å². The first-order chi connectivity index (χ1) is 18.3. The third-order valence-corrected chi connectivity index (χ3v) is 5.85. The predicted molar refractivity (Wildman–Crippen MR) is 147 cm³/mol. The maximum absolute atomic E-state index is 12.2. The molecule has 0 aliphatic carbocycles. The van der Waals surface area contributed by atoms with Crippen LogP contribution in [0.3, 0.4) is 0 Å². The number of ether oxygens (including phenoxy) is 1. The van der Waals surface area contributed by atoms with Gasteiger partial charge >= 0.3 is 0 Å². The molecule has 0 unspecified atom stereocenters. The van der Waals surface area contributed by atoms with Crippen LogP contribution in [0, 0.1) is 0 Å². The fourth-order valence-electron chi connectivity index (χ4n) is 3.79. The van der Waals surface area contributed by atoms with Crippen molar-refractivity contribution in [2.45, 2.75) is 6.61 Å². The second kappa shape index (κ2) is 11.7. The van der Waals surface area contributed by atoms with Crippen LogP contribution in [0.15, 0.2) is 55.3 Å². The number of methoxy groups -OCH3 is 1. The summed E-state index contributed by atoms with van der Waals surface area (Å²) < 4.78 is 7.26. The molecule has 4 rings (SSSR count). The van der Waals surface area contributed by atoms with Crippen LogP contribution in [0.5, 0.6) is 5.75 Å². The molecule has 38 heavy (non-hydrogen) atoms. The number of nitrogens with zero attached hydrogens (tertiary/aromatic N) is 7. The van der Waals surface area contributed by atoms with Gasteiger partial charge in [0.05, 0.1) is 36.3 Å². The van der Waals surface area contributed by atoms with Crippen LogP contribution in [0.25, 0.3) is 16.9 Å². The summed E-state index contributed by atoms with van der Waals surface area (Å²) in [6.45, 7) is 5.04. The molecule has 0 spiro atoms. The molecule has 2 aromatic carbocycles. The summed E-state index contributed by atoms with van der Waals surface area (Å²) in [5.74, 6) is 1.01. The Balaban J connectivity index is 1.68.